The van der Waals surface area contributed by atoms with Crippen LogP contribution < -0.4 is 4.90 Å². The molecule has 2 aromatic heterocycles. The van der Waals surface area contributed by atoms with Crippen LogP contribution in [-0.4, -0.2) is 9.13 Å². The predicted octanol–water partition coefficient (Wildman–Crippen LogP) is 18.0. The molecule has 0 radical (unpaired) electrons. The third kappa shape index (κ3) is 6.74. The van der Waals surface area contributed by atoms with Crippen molar-refractivity contribution in [2.24, 2.45) is 0 Å². The molecule has 13 rings (SSSR count). The van der Waals surface area contributed by atoms with Gasteiger partial charge >= 0.3 is 0 Å². The second-order valence-corrected chi connectivity index (χ2v) is 17.6. The smallest absolute Gasteiger partial charge is 0.0619 e. The fourth-order valence-corrected chi connectivity index (χ4v) is 10.8. The molecule has 0 atom stereocenters. The highest BCUT2D eigenvalue weighted by Gasteiger charge is 2.26. The number of aromatic nitrogens is 2. The number of para-hydroxylation sites is 5. The Hall–Kier alpha value is -9.18. The molecular formula is C66H45N3. The van der Waals surface area contributed by atoms with Crippen molar-refractivity contribution in [3.05, 3.63) is 273 Å². The lowest BCUT2D eigenvalue weighted by molar-refractivity contribution is 1.18. The first-order chi connectivity index (χ1) is 34.3. The summed E-state index contributed by atoms with van der Waals surface area (Å²) in [6.07, 6.45) is 0. The van der Waals surface area contributed by atoms with Gasteiger partial charge in [0.25, 0.3) is 0 Å². The number of anilines is 3. The Morgan fingerprint density at radius 2 is 0.710 bits per heavy atom. The highest BCUT2D eigenvalue weighted by Crippen LogP contribution is 2.51. The van der Waals surface area contributed by atoms with Gasteiger partial charge in [0.05, 0.1) is 33.4 Å². The predicted molar refractivity (Wildman–Crippen MR) is 292 cm³/mol. The molecule has 0 amide bonds. The minimum Gasteiger partial charge on any atom is -0.309 e. The number of fused-ring (bicyclic) bond motifs is 6. The van der Waals surface area contributed by atoms with Gasteiger partial charge in [0.1, 0.15) is 0 Å². The molecule has 2 heterocycles. The van der Waals surface area contributed by atoms with Gasteiger partial charge in [0, 0.05) is 49.7 Å². The fourth-order valence-electron chi connectivity index (χ4n) is 10.8. The van der Waals surface area contributed by atoms with Crippen LogP contribution >= 0.6 is 0 Å². The Morgan fingerprint density at radius 1 is 0.261 bits per heavy atom. The average Bonchev–Trinajstić information content (AvgIpc) is 3.96. The van der Waals surface area contributed by atoms with Crippen molar-refractivity contribution in [1.29, 1.82) is 0 Å². The molecule has 0 saturated heterocycles. The third-order valence-corrected chi connectivity index (χ3v) is 13.7. The summed E-state index contributed by atoms with van der Waals surface area (Å²) in [5, 5.41) is 4.86. The summed E-state index contributed by atoms with van der Waals surface area (Å²) in [6, 6.07) is 99.2. The van der Waals surface area contributed by atoms with Gasteiger partial charge in [-0.15, -0.1) is 0 Å². The van der Waals surface area contributed by atoms with Crippen molar-refractivity contribution in [1.82, 2.24) is 9.13 Å². The molecule has 0 fully saturated rings. The van der Waals surface area contributed by atoms with Gasteiger partial charge in [-0.05, 0) is 100 Å². The van der Waals surface area contributed by atoms with E-state index in [1.54, 1.807) is 0 Å². The normalized spacial score (nSPS) is 11.5. The van der Waals surface area contributed by atoms with Crippen LogP contribution in [0.4, 0.5) is 17.1 Å². The van der Waals surface area contributed by atoms with Gasteiger partial charge in [-0.2, -0.15) is 0 Å². The maximum absolute atomic E-state index is 2.51. The van der Waals surface area contributed by atoms with Gasteiger partial charge in [-0.25, -0.2) is 0 Å². The van der Waals surface area contributed by atoms with E-state index in [1.165, 1.54) is 54.8 Å². The molecule has 0 aliphatic carbocycles. The number of hydrogen-bond acceptors (Lipinski definition) is 1. The Labute approximate surface area is 401 Å². The summed E-state index contributed by atoms with van der Waals surface area (Å²) in [7, 11) is 0. The van der Waals surface area contributed by atoms with Crippen molar-refractivity contribution < 1.29 is 0 Å². The zero-order chi connectivity index (χ0) is 45.7. The molecule has 324 valence electrons. The van der Waals surface area contributed by atoms with Crippen LogP contribution in [0.25, 0.3) is 99.5 Å². The van der Waals surface area contributed by atoms with Crippen LogP contribution in [0, 0.1) is 0 Å². The first-order valence-corrected chi connectivity index (χ1v) is 23.7. The molecule has 0 spiro atoms. The molecule has 0 aliphatic heterocycles. The van der Waals surface area contributed by atoms with Crippen molar-refractivity contribution in [2.75, 3.05) is 4.90 Å². The highest BCUT2D eigenvalue weighted by molar-refractivity contribution is 6.18. The van der Waals surface area contributed by atoms with E-state index >= 15 is 0 Å². The van der Waals surface area contributed by atoms with E-state index in [0.29, 0.717) is 0 Å². The van der Waals surface area contributed by atoms with Gasteiger partial charge in [-0.1, -0.05) is 206 Å². The number of hydrogen-bond donors (Lipinski definition) is 0. The van der Waals surface area contributed by atoms with E-state index in [2.05, 4.69) is 287 Å². The molecule has 0 saturated carbocycles. The molecule has 3 heteroatoms. The Kier molecular flexibility index (Phi) is 9.84. The maximum atomic E-state index is 2.51. The van der Waals surface area contributed by atoms with E-state index in [1.807, 2.05) is 0 Å². The fraction of sp³-hybridized carbons (Fsp3) is 0. The largest absolute Gasteiger partial charge is 0.309 e. The lowest BCUT2D eigenvalue weighted by atomic mass is 9.87. The molecule has 0 aliphatic rings. The van der Waals surface area contributed by atoms with Gasteiger partial charge < -0.3 is 14.0 Å². The minimum absolute atomic E-state index is 1.06. The molecule has 3 nitrogen and oxygen atoms in total. The molecule has 0 bridgehead atoms. The van der Waals surface area contributed by atoms with Crippen LogP contribution in [0.5, 0.6) is 0 Å². The third-order valence-electron chi connectivity index (χ3n) is 13.7. The summed E-state index contributed by atoms with van der Waals surface area (Å²) in [6.45, 7) is 0. The van der Waals surface area contributed by atoms with Gasteiger partial charge in [0.2, 0.25) is 0 Å². The van der Waals surface area contributed by atoms with Crippen LogP contribution in [-0.2, 0) is 0 Å². The molecule has 11 aromatic carbocycles. The maximum Gasteiger partial charge on any atom is 0.0619 e. The molecule has 13 aromatic rings. The van der Waals surface area contributed by atoms with E-state index in [0.717, 1.165) is 61.7 Å². The highest BCUT2D eigenvalue weighted by atomic mass is 15.2. The average molecular weight is 880 g/mol. The van der Waals surface area contributed by atoms with E-state index < -0.39 is 0 Å². The van der Waals surface area contributed by atoms with Crippen LogP contribution in [0.2, 0.25) is 0 Å². The van der Waals surface area contributed by atoms with E-state index in [4.69, 9.17) is 0 Å². The monoisotopic (exact) mass is 879 g/mol. The summed E-state index contributed by atoms with van der Waals surface area (Å²) >= 11 is 0. The summed E-state index contributed by atoms with van der Waals surface area (Å²) in [4.78, 5) is 2.51. The Morgan fingerprint density at radius 3 is 1.41 bits per heavy atom. The first-order valence-electron chi connectivity index (χ1n) is 23.7. The van der Waals surface area contributed by atoms with Crippen molar-refractivity contribution in [3.8, 4) is 55.9 Å². The van der Waals surface area contributed by atoms with Crippen molar-refractivity contribution in [2.45, 2.75) is 0 Å². The topological polar surface area (TPSA) is 13.1 Å². The number of rotatable bonds is 9. The zero-order valence-electron chi connectivity index (χ0n) is 37.8. The molecule has 0 N–H and O–H groups in total. The summed E-state index contributed by atoms with van der Waals surface area (Å²) < 4.78 is 4.84. The minimum atomic E-state index is 1.06. The standard InChI is InChI=1S/C66H45N3/c1-5-22-46(23-6-1)52-30-13-14-32-56(52)64-53(47-24-7-2-8-25-47)34-20-39-61(64)68(63-41-21-40-62-65(63)58-33-16-18-38-60(58)67(62)49-26-9-3-10-27-49)51-44-42-48(43-45-51)54-35-19-36-57-55-31-15-17-37-59(55)69(66(54)57)50-28-11-4-12-29-50/h1-45H. The van der Waals surface area contributed by atoms with Crippen molar-refractivity contribution in [3.63, 3.8) is 0 Å². The molecular weight excluding hydrogens is 835 g/mol. The second-order valence-electron chi connectivity index (χ2n) is 17.6. The van der Waals surface area contributed by atoms with Gasteiger partial charge in [0.15, 0.2) is 0 Å². The number of benzene rings is 11. The van der Waals surface area contributed by atoms with Crippen LogP contribution in [0.15, 0.2) is 273 Å². The lowest BCUT2D eigenvalue weighted by Crippen LogP contribution is -2.12. The van der Waals surface area contributed by atoms with Crippen LogP contribution in [0.1, 0.15) is 0 Å². The number of nitrogens with zero attached hydrogens (tertiary/aromatic N) is 3. The van der Waals surface area contributed by atoms with Crippen LogP contribution in [0.3, 0.4) is 0 Å². The summed E-state index contributed by atoms with van der Waals surface area (Å²) in [5.41, 5.74) is 19.5. The quantitative estimate of drug-likeness (QED) is 0.141. The van der Waals surface area contributed by atoms with E-state index in [9.17, 15) is 0 Å². The second kappa shape index (κ2) is 16.9. The van der Waals surface area contributed by atoms with E-state index in [-0.39, 0.29) is 0 Å². The van der Waals surface area contributed by atoms with Gasteiger partial charge in [-0.3, -0.25) is 0 Å². The Bertz CT molecular complexity index is 3980. The van der Waals surface area contributed by atoms with Crippen molar-refractivity contribution >= 4 is 60.7 Å². The SMILES string of the molecule is c1ccc(-c2ccccc2-c2c(-c3ccccc3)cccc2N(c2ccc(-c3cccc4c5ccccc5n(-c5ccccc5)c34)cc2)c2cccc3c2c2ccccc2n3-c2ccccc2)cc1. The summed E-state index contributed by atoms with van der Waals surface area (Å²) in [5.74, 6) is 0. The molecule has 69 heavy (non-hydrogen) atoms. The lowest BCUT2D eigenvalue weighted by Gasteiger charge is -2.31. The molecule has 0 unspecified atom stereocenters. The first kappa shape index (κ1) is 40.1. The Balaban J connectivity index is 1.10. The zero-order valence-corrected chi connectivity index (χ0v) is 37.8.